The van der Waals surface area contributed by atoms with Gasteiger partial charge < -0.3 is 14.7 Å². The van der Waals surface area contributed by atoms with Gasteiger partial charge in [-0.1, -0.05) is 146 Å². The molecule has 10 rings (SSSR count). The van der Waals surface area contributed by atoms with Gasteiger partial charge in [0, 0.05) is 51.2 Å². The molecule has 0 spiro atoms. The van der Waals surface area contributed by atoms with Crippen LogP contribution in [-0.2, 0) is 0 Å². The van der Waals surface area contributed by atoms with Crippen LogP contribution < -0.4 is 14.7 Å². The predicted octanol–water partition coefficient (Wildman–Crippen LogP) is 15.8. The second kappa shape index (κ2) is 16.7. The average Bonchev–Trinajstić information content (AvgIpc) is 4.08. The maximum absolute atomic E-state index is 2.35. The third-order valence-corrected chi connectivity index (χ3v) is 11.7. The average molecular weight is 772 g/mol. The number of nitrogens with zero attached hydrogens (tertiary/aromatic N) is 3. The van der Waals surface area contributed by atoms with Gasteiger partial charge in [-0.25, -0.2) is 0 Å². The van der Waals surface area contributed by atoms with Gasteiger partial charge in [0.1, 0.15) is 0 Å². The summed E-state index contributed by atoms with van der Waals surface area (Å²) in [5.41, 5.74) is 14.3. The van der Waals surface area contributed by atoms with E-state index in [9.17, 15) is 0 Å². The minimum atomic E-state index is 0.330. The van der Waals surface area contributed by atoms with Crippen molar-refractivity contribution in [3.63, 3.8) is 0 Å². The molecule has 288 valence electrons. The van der Waals surface area contributed by atoms with E-state index in [-0.39, 0.29) is 0 Å². The summed E-state index contributed by atoms with van der Waals surface area (Å²) in [7, 11) is 0. The topological polar surface area (TPSA) is 9.72 Å². The fraction of sp³-hybridized carbons (Fsp3) is 0.0526. The maximum atomic E-state index is 2.35. The summed E-state index contributed by atoms with van der Waals surface area (Å²) in [6, 6.07) is 91.7. The SMILES string of the molecule is c1ccc(N(c2ccccc2)c2ccc(C3C(c4ccc(N(c5ccccc5)c5ccccc5)cc4)C3c3ccc(N(c4ccccc4)c4ccccc4)cc3)cc2)cc1. The Labute approximate surface area is 353 Å². The van der Waals surface area contributed by atoms with Crippen molar-refractivity contribution in [3.8, 4) is 0 Å². The molecule has 1 saturated carbocycles. The number of benzene rings is 9. The highest BCUT2D eigenvalue weighted by Gasteiger charge is 2.52. The summed E-state index contributed by atoms with van der Waals surface area (Å²) in [6.45, 7) is 0. The Bertz CT molecular complexity index is 2290. The summed E-state index contributed by atoms with van der Waals surface area (Å²) >= 11 is 0. The molecule has 9 aromatic carbocycles. The highest BCUT2D eigenvalue weighted by atomic mass is 15.2. The number of anilines is 9. The van der Waals surface area contributed by atoms with Gasteiger partial charge in [-0.2, -0.15) is 0 Å². The first-order valence-corrected chi connectivity index (χ1v) is 20.8. The van der Waals surface area contributed by atoms with Crippen molar-refractivity contribution in [1.82, 2.24) is 0 Å². The van der Waals surface area contributed by atoms with Gasteiger partial charge in [-0.3, -0.25) is 0 Å². The van der Waals surface area contributed by atoms with Crippen LogP contribution in [0.3, 0.4) is 0 Å². The molecular formula is C57H45N3. The highest BCUT2D eigenvalue weighted by molar-refractivity contribution is 5.79. The van der Waals surface area contributed by atoms with E-state index in [1.165, 1.54) is 16.7 Å². The first-order chi connectivity index (χ1) is 29.8. The zero-order valence-corrected chi connectivity index (χ0v) is 33.3. The molecule has 0 radical (unpaired) electrons. The van der Waals surface area contributed by atoms with Crippen LogP contribution in [0.15, 0.2) is 255 Å². The van der Waals surface area contributed by atoms with E-state index in [4.69, 9.17) is 0 Å². The summed E-state index contributed by atoms with van der Waals surface area (Å²) < 4.78 is 0. The molecule has 9 aromatic rings. The molecule has 0 aromatic heterocycles. The monoisotopic (exact) mass is 771 g/mol. The Morgan fingerprint density at radius 3 is 0.483 bits per heavy atom. The fourth-order valence-corrected chi connectivity index (χ4v) is 8.90. The summed E-state index contributed by atoms with van der Waals surface area (Å²) in [5, 5.41) is 0. The Morgan fingerprint density at radius 1 is 0.167 bits per heavy atom. The van der Waals surface area contributed by atoms with Gasteiger partial charge in [-0.05, 0) is 144 Å². The molecule has 0 bridgehead atoms. The standard InChI is InChI=1S/C57H45N3/c1-7-19-46(20-8-1)58(47-21-9-2-10-22-47)52-37-31-43(32-38-52)55-56(44-33-39-53(40-34-44)59(48-23-11-3-12-24-48)49-25-13-4-14-26-49)57(55)45-35-41-54(42-36-45)60(50-27-15-5-16-28-50)51-29-17-6-18-30-51/h1-42,55-57H. The Hall–Kier alpha value is -7.62. The molecule has 1 aliphatic carbocycles. The van der Waals surface area contributed by atoms with Crippen LogP contribution in [0.5, 0.6) is 0 Å². The Balaban J connectivity index is 1.01. The van der Waals surface area contributed by atoms with Gasteiger partial charge in [-0.15, -0.1) is 0 Å². The van der Waals surface area contributed by atoms with Crippen molar-refractivity contribution < 1.29 is 0 Å². The van der Waals surface area contributed by atoms with Crippen LogP contribution >= 0.6 is 0 Å². The predicted molar refractivity (Wildman–Crippen MR) is 252 cm³/mol. The largest absolute Gasteiger partial charge is 0.311 e. The highest BCUT2D eigenvalue weighted by Crippen LogP contribution is 2.66. The molecule has 1 fully saturated rings. The van der Waals surface area contributed by atoms with E-state index in [1.54, 1.807) is 0 Å². The molecule has 0 unspecified atom stereocenters. The summed E-state index contributed by atoms with van der Waals surface area (Å²) in [5.74, 6) is 0.990. The van der Waals surface area contributed by atoms with Crippen molar-refractivity contribution in [2.75, 3.05) is 14.7 Å². The van der Waals surface area contributed by atoms with E-state index in [0.29, 0.717) is 17.8 Å². The number of hydrogen-bond donors (Lipinski definition) is 0. The molecule has 3 nitrogen and oxygen atoms in total. The first kappa shape index (κ1) is 36.7. The van der Waals surface area contributed by atoms with Gasteiger partial charge in [0.05, 0.1) is 0 Å². The van der Waals surface area contributed by atoms with Crippen LogP contribution in [0, 0.1) is 0 Å². The van der Waals surface area contributed by atoms with E-state index in [0.717, 1.165) is 51.2 Å². The zero-order valence-electron chi connectivity index (χ0n) is 33.3. The molecule has 0 aliphatic heterocycles. The second-order valence-corrected chi connectivity index (χ2v) is 15.4. The van der Waals surface area contributed by atoms with Gasteiger partial charge in [0.2, 0.25) is 0 Å². The molecule has 1 aliphatic rings. The summed E-state index contributed by atoms with van der Waals surface area (Å²) in [4.78, 5) is 7.00. The van der Waals surface area contributed by atoms with E-state index >= 15 is 0 Å². The maximum Gasteiger partial charge on any atom is 0.0461 e. The minimum Gasteiger partial charge on any atom is -0.311 e. The van der Waals surface area contributed by atoms with Crippen molar-refractivity contribution in [3.05, 3.63) is 271 Å². The lowest BCUT2D eigenvalue weighted by Crippen LogP contribution is -2.09. The molecule has 0 atom stereocenters. The smallest absolute Gasteiger partial charge is 0.0461 e. The van der Waals surface area contributed by atoms with Crippen LogP contribution in [0.25, 0.3) is 0 Å². The molecule has 60 heavy (non-hydrogen) atoms. The molecule has 0 N–H and O–H groups in total. The van der Waals surface area contributed by atoms with Gasteiger partial charge in [0.25, 0.3) is 0 Å². The fourth-order valence-electron chi connectivity index (χ4n) is 8.90. The Kier molecular flexibility index (Phi) is 10.2. The number of rotatable bonds is 12. The lowest BCUT2D eigenvalue weighted by molar-refractivity contribution is 1.02. The quantitative estimate of drug-likeness (QED) is 0.122. The normalized spacial score (nSPS) is 15.5. The molecule has 0 saturated heterocycles. The first-order valence-electron chi connectivity index (χ1n) is 20.8. The van der Waals surface area contributed by atoms with E-state index < -0.39 is 0 Å². The van der Waals surface area contributed by atoms with Crippen LogP contribution in [0.4, 0.5) is 51.2 Å². The van der Waals surface area contributed by atoms with Crippen molar-refractivity contribution >= 4 is 51.2 Å². The zero-order chi connectivity index (χ0) is 40.1. The molecule has 0 amide bonds. The third kappa shape index (κ3) is 7.45. The van der Waals surface area contributed by atoms with Crippen LogP contribution in [0.2, 0.25) is 0 Å². The lowest BCUT2D eigenvalue weighted by atomic mass is 10.0. The number of hydrogen-bond acceptors (Lipinski definition) is 3. The van der Waals surface area contributed by atoms with Gasteiger partial charge in [0.15, 0.2) is 0 Å². The van der Waals surface area contributed by atoms with Crippen molar-refractivity contribution in [1.29, 1.82) is 0 Å². The third-order valence-electron chi connectivity index (χ3n) is 11.7. The van der Waals surface area contributed by atoms with Gasteiger partial charge >= 0.3 is 0 Å². The van der Waals surface area contributed by atoms with Crippen molar-refractivity contribution in [2.45, 2.75) is 17.8 Å². The van der Waals surface area contributed by atoms with Crippen LogP contribution in [0.1, 0.15) is 34.4 Å². The molecular weight excluding hydrogens is 727 g/mol. The van der Waals surface area contributed by atoms with E-state index in [2.05, 4.69) is 269 Å². The molecule has 3 heteroatoms. The summed E-state index contributed by atoms with van der Waals surface area (Å²) in [6.07, 6.45) is 0. The Morgan fingerprint density at radius 2 is 0.317 bits per heavy atom. The van der Waals surface area contributed by atoms with E-state index in [1.807, 2.05) is 0 Å². The van der Waals surface area contributed by atoms with Crippen LogP contribution in [-0.4, -0.2) is 0 Å². The van der Waals surface area contributed by atoms with Crippen molar-refractivity contribution in [2.24, 2.45) is 0 Å². The lowest BCUT2D eigenvalue weighted by Gasteiger charge is -2.25. The number of para-hydroxylation sites is 6. The second-order valence-electron chi connectivity index (χ2n) is 15.4. The minimum absolute atomic E-state index is 0.330. The molecule has 0 heterocycles.